The van der Waals surface area contributed by atoms with Gasteiger partial charge in [-0.2, -0.15) is 0 Å². The molecule has 3 nitrogen and oxygen atoms in total. The highest BCUT2D eigenvalue weighted by molar-refractivity contribution is 5.69. The SMILES string of the molecule is CC(CNC1C2(C)CCC(C2)C1(C)C)C(=O)O. The third-order valence-electron chi connectivity index (χ3n) is 5.32. The molecule has 3 heteroatoms. The molecule has 4 unspecified atom stereocenters. The largest absolute Gasteiger partial charge is 0.481 e. The predicted octanol–water partition coefficient (Wildman–Crippen LogP) is 2.51. The van der Waals surface area contributed by atoms with Crippen molar-refractivity contribution in [1.29, 1.82) is 0 Å². The van der Waals surface area contributed by atoms with Crippen LogP contribution in [0.15, 0.2) is 0 Å². The lowest BCUT2D eigenvalue weighted by atomic mass is 9.68. The lowest BCUT2D eigenvalue weighted by Crippen LogP contribution is -2.51. The highest BCUT2D eigenvalue weighted by Crippen LogP contribution is 2.62. The van der Waals surface area contributed by atoms with Gasteiger partial charge in [0.1, 0.15) is 0 Å². The average molecular weight is 239 g/mol. The molecule has 0 spiro atoms. The van der Waals surface area contributed by atoms with Crippen molar-refractivity contribution in [2.24, 2.45) is 22.7 Å². The van der Waals surface area contributed by atoms with Crippen LogP contribution in [0.2, 0.25) is 0 Å². The first kappa shape index (κ1) is 12.9. The fourth-order valence-electron chi connectivity index (χ4n) is 4.19. The number of hydrogen-bond acceptors (Lipinski definition) is 2. The lowest BCUT2D eigenvalue weighted by Gasteiger charge is -2.43. The van der Waals surface area contributed by atoms with E-state index in [2.05, 4.69) is 26.1 Å². The van der Waals surface area contributed by atoms with Gasteiger partial charge in [0.05, 0.1) is 5.92 Å². The van der Waals surface area contributed by atoms with E-state index in [0.717, 1.165) is 5.92 Å². The Morgan fingerprint density at radius 1 is 1.47 bits per heavy atom. The summed E-state index contributed by atoms with van der Waals surface area (Å²) in [5.74, 6) is -0.192. The minimum Gasteiger partial charge on any atom is -0.481 e. The molecule has 17 heavy (non-hydrogen) atoms. The number of aliphatic carboxylic acids is 1. The van der Waals surface area contributed by atoms with E-state index in [1.165, 1.54) is 19.3 Å². The van der Waals surface area contributed by atoms with E-state index in [4.69, 9.17) is 5.11 Å². The Kier molecular flexibility index (Phi) is 3.01. The molecular formula is C14H25NO2. The first-order valence-electron chi connectivity index (χ1n) is 6.73. The number of nitrogens with one attached hydrogen (secondary N) is 1. The van der Waals surface area contributed by atoms with Gasteiger partial charge in [-0.15, -0.1) is 0 Å². The van der Waals surface area contributed by atoms with Gasteiger partial charge in [-0.1, -0.05) is 27.7 Å². The second kappa shape index (κ2) is 3.98. The number of carboxylic acid groups (broad SMARTS) is 1. The maximum absolute atomic E-state index is 10.9. The molecule has 98 valence electrons. The van der Waals surface area contributed by atoms with Gasteiger partial charge < -0.3 is 10.4 Å². The van der Waals surface area contributed by atoms with Crippen molar-refractivity contribution in [2.75, 3.05) is 6.54 Å². The van der Waals surface area contributed by atoms with Gasteiger partial charge in [0.25, 0.3) is 0 Å². The summed E-state index contributed by atoms with van der Waals surface area (Å²) >= 11 is 0. The molecule has 2 aliphatic rings. The zero-order chi connectivity index (χ0) is 12.8. The van der Waals surface area contributed by atoms with Crippen molar-refractivity contribution >= 4 is 5.97 Å². The third kappa shape index (κ3) is 1.99. The molecule has 0 aromatic heterocycles. The van der Waals surface area contributed by atoms with Gasteiger partial charge >= 0.3 is 5.97 Å². The summed E-state index contributed by atoms with van der Waals surface area (Å²) in [4.78, 5) is 10.9. The van der Waals surface area contributed by atoms with Gasteiger partial charge in [-0.05, 0) is 36.0 Å². The van der Waals surface area contributed by atoms with Crippen molar-refractivity contribution < 1.29 is 9.90 Å². The van der Waals surface area contributed by atoms with E-state index in [1.54, 1.807) is 6.92 Å². The van der Waals surface area contributed by atoms with Gasteiger partial charge in [-0.3, -0.25) is 4.79 Å². The van der Waals surface area contributed by atoms with E-state index in [-0.39, 0.29) is 5.92 Å². The number of carboxylic acids is 1. The summed E-state index contributed by atoms with van der Waals surface area (Å²) in [7, 11) is 0. The monoisotopic (exact) mass is 239 g/mol. The Balaban J connectivity index is 2.03. The predicted molar refractivity (Wildman–Crippen MR) is 67.8 cm³/mol. The molecule has 0 amide bonds. The van der Waals surface area contributed by atoms with Crippen molar-refractivity contribution in [3.05, 3.63) is 0 Å². The van der Waals surface area contributed by atoms with Crippen LogP contribution in [0.4, 0.5) is 0 Å². The second-order valence-corrected chi connectivity index (χ2v) is 7.00. The fourth-order valence-corrected chi connectivity index (χ4v) is 4.19. The van der Waals surface area contributed by atoms with Crippen molar-refractivity contribution in [1.82, 2.24) is 5.32 Å². The molecule has 0 heterocycles. The lowest BCUT2D eigenvalue weighted by molar-refractivity contribution is -0.141. The molecule has 0 saturated heterocycles. The van der Waals surface area contributed by atoms with Gasteiger partial charge in [0.2, 0.25) is 0 Å². The Morgan fingerprint density at radius 3 is 2.59 bits per heavy atom. The van der Waals surface area contributed by atoms with Crippen molar-refractivity contribution in [3.63, 3.8) is 0 Å². The quantitative estimate of drug-likeness (QED) is 0.792. The van der Waals surface area contributed by atoms with Crippen LogP contribution in [0, 0.1) is 22.7 Å². The molecule has 2 fully saturated rings. The van der Waals surface area contributed by atoms with Crippen LogP contribution in [0.25, 0.3) is 0 Å². The Labute approximate surface area is 104 Å². The van der Waals surface area contributed by atoms with E-state index < -0.39 is 5.97 Å². The zero-order valence-electron chi connectivity index (χ0n) is 11.4. The smallest absolute Gasteiger partial charge is 0.307 e. The number of carbonyl (C=O) groups is 1. The van der Waals surface area contributed by atoms with E-state index in [1.807, 2.05) is 0 Å². The molecule has 0 aromatic carbocycles. The third-order valence-corrected chi connectivity index (χ3v) is 5.32. The van der Waals surface area contributed by atoms with Crippen LogP contribution in [0.5, 0.6) is 0 Å². The Hall–Kier alpha value is -0.570. The maximum atomic E-state index is 10.9. The Morgan fingerprint density at radius 2 is 2.12 bits per heavy atom. The first-order valence-corrected chi connectivity index (χ1v) is 6.73. The Bertz CT molecular complexity index is 321. The minimum atomic E-state index is -0.705. The molecule has 0 aromatic rings. The molecule has 2 rings (SSSR count). The highest BCUT2D eigenvalue weighted by Gasteiger charge is 2.58. The number of hydrogen-bond donors (Lipinski definition) is 2. The number of fused-ring (bicyclic) bond motifs is 2. The highest BCUT2D eigenvalue weighted by atomic mass is 16.4. The summed E-state index contributed by atoms with van der Waals surface area (Å²) in [6.07, 6.45) is 3.94. The molecule has 0 aliphatic heterocycles. The van der Waals surface area contributed by atoms with Gasteiger partial charge in [-0.25, -0.2) is 0 Å². The van der Waals surface area contributed by atoms with Gasteiger partial charge in [0, 0.05) is 12.6 Å². The van der Waals surface area contributed by atoms with Crippen LogP contribution in [-0.2, 0) is 4.79 Å². The van der Waals surface area contributed by atoms with Crippen molar-refractivity contribution in [3.8, 4) is 0 Å². The fraction of sp³-hybridized carbons (Fsp3) is 0.929. The molecular weight excluding hydrogens is 214 g/mol. The average Bonchev–Trinajstić information content (AvgIpc) is 2.68. The van der Waals surface area contributed by atoms with E-state index >= 15 is 0 Å². The summed E-state index contributed by atoms with van der Waals surface area (Å²) in [6, 6.07) is 0.468. The van der Waals surface area contributed by atoms with Crippen LogP contribution in [0.3, 0.4) is 0 Å². The summed E-state index contributed by atoms with van der Waals surface area (Å²) in [5, 5.41) is 12.5. The molecule has 2 N–H and O–H groups in total. The van der Waals surface area contributed by atoms with Crippen LogP contribution < -0.4 is 5.32 Å². The van der Waals surface area contributed by atoms with E-state index in [0.29, 0.717) is 23.4 Å². The van der Waals surface area contributed by atoms with Crippen LogP contribution in [0.1, 0.15) is 47.0 Å². The van der Waals surface area contributed by atoms with Crippen LogP contribution in [-0.4, -0.2) is 23.7 Å². The number of rotatable bonds is 4. The standard InChI is InChI=1S/C14H25NO2/c1-9(11(16)17)8-15-12-13(2,3)10-5-6-14(12,4)7-10/h9-10,12,15H,5-8H2,1-4H3,(H,16,17). The van der Waals surface area contributed by atoms with Crippen molar-refractivity contribution in [2.45, 2.75) is 53.0 Å². The van der Waals surface area contributed by atoms with Crippen LogP contribution >= 0.6 is 0 Å². The summed E-state index contributed by atoms with van der Waals surface area (Å²) in [5.41, 5.74) is 0.692. The van der Waals surface area contributed by atoms with E-state index in [9.17, 15) is 4.79 Å². The topological polar surface area (TPSA) is 49.3 Å². The summed E-state index contributed by atoms with van der Waals surface area (Å²) in [6.45, 7) is 9.41. The van der Waals surface area contributed by atoms with Gasteiger partial charge in [0.15, 0.2) is 0 Å². The molecule has 2 aliphatic carbocycles. The maximum Gasteiger partial charge on any atom is 0.307 e. The zero-order valence-corrected chi connectivity index (χ0v) is 11.4. The molecule has 2 bridgehead atoms. The minimum absolute atomic E-state index is 0.298. The first-order chi connectivity index (χ1) is 7.77. The molecule has 4 atom stereocenters. The second-order valence-electron chi connectivity index (χ2n) is 7.00. The summed E-state index contributed by atoms with van der Waals surface area (Å²) < 4.78 is 0. The molecule has 2 saturated carbocycles. The normalized spacial score (nSPS) is 40.5. The molecule has 0 radical (unpaired) electrons.